The van der Waals surface area contributed by atoms with Crippen LogP contribution in [0.4, 0.5) is 16.2 Å². The molecule has 6 heteroatoms. The average molecular weight is 327 g/mol. The predicted molar refractivity (Wildman–Crippen MR) is 92.9 cm³/mol. The molecule has 0 aromatic heterocycles. The molecule has 3 rings (SSSR count). The Morgan fingerprint density at radius 1 is 1.33 bits per heavy atom. The van der Waals surface area contributed by atoms with E-state index in [4.69, 9.17) is 4.74 Å². The minimum Gasteiger partial charge on any atom is -0.497 e. The van der Waals surface area contributed by atoms with Crippen molar-refractivity contribution in [1.82, 2.24) is 5.32 Å². The zero-order valence-electron chi connectivity index (χ0n) is 13.8. The van der Waals surface area contributed by atoms with E-state index in [2.05, 4.69) is 16.3 Å². The van der Waals surface area contributed by atoms with Gasteiger partial charge >= 0.3 is 6.03 Å². The van der Waals surface area contributed by atoms with Crippen LogP contribution in [0.1, 0.15) is 11.1 Å². The lowest BCUT2D eigenvalue weighted by Gasteiger charge is -2.21. The molecule has 0 saturated heterocycles. The van der Waals surface area contributed by atoms with Crippen molar-refractivity contribution >= 4 is 17.4 Å². The number of carbonyl (C=O) groups is 1. The van der Waals surface area contributed by atoms with Crippen molar-refractivity contribution in [2.45, 2.75) is 13.0 Å². The van der Waals surface area contributed by atoms with E-state index in [1.165, 1.54) is 7.05 Å². The molecule has 2 amide bonds. The van der Waals surface area contributed by atoms with Gasteiger partial charge in [0, 0.05) is 31.4 Å². The maximum atomic E-state index is 11.7. The Kier molecular flexibility index (Phi) is 4.57. The summed E-state index contributed by atoms with van der Waals surface area (Å²) in [5, 5.41) is 13.2. The molecule has 0 spiro atoms. The number of ether oxygens (including phenoxy) is 1. The van der Waals surface area contributed by atoms with Crippen LogP contribution in [0.3, 0.4) is 0 Å². The third-order valence-corrected chi connectivity index (χ3v) is 4.24. The highest BCUT2D eigenvalue weighted by atomic mass is 16.5. The van der Waals surface area contributed by atoms with Gasteiger partial charge < -0.3 is 15.0 Å². The van der Waals surface area contributed by atoms with Crippen LogP contribution in [0, 0.1) is 0 Å². The Labute approximate surface area is 141 Å². The van der Waals surface area contributed by atoms with Gasteiger partial charge in [0.2, 0.25) is 0 Å². The first-order chi connectivity index (χ1) is 11.6. The lowest BCUT2D eigenvalue weighted by Crippen LogP contribution is -2.35. The van der Waals surface area contributed by atoms with Gasteiger partial charge in [-0.1, -0.05) is 18.2 Å². The van der Waals surface area contributed by atoms with Crippen LogP contribution in [0.2, 0.25) is 0 Å². The number of fused-ring (bicyclic) bond motifs is 1. The fourth-order valence-electron chi connectivity index (χ4n) is 3.05. The number of anilines is 2. The van der Waals surface area contributed by atoms with Gasteiger partial charge in [-0.25, -0.2) is 4.79 Å². The standard InChI is InChI=1S/C18H21N3O3/c1-19-18(22)21(23)17-8-4-7-16-15(17)9-10-20(16)12-13-5-3-6-14(11-13)24-2/h3-8,11,23H,9-10,12H2,1-2H3,(H,19,22). The van der Waals surface area contributed by atoms with Gasteiger partial charge in [0.1, 0.15) is 5.75 Å². The summed E-state index contributed by atoms with van der Waals surface area (Å²) in [6.07, 6.45) is 0.781. The fourth-order valence-corrected chi connectivity index (χ4v) is 3.05. The number of methoxy groups -OCH3 is 1. The Morgan fingerprint density at radius 2 is 2.12 bits per heavy atom. The highest BCUT2D eigenvalue weighted by Crippen LogP contribution is 2.36. The van der Waals surface area contributed by atoms with Crippen LogP contribution >= 0.6 is 0 Å². The molecule has 0 atom stereocenters. The number of nitrogens with one attached hydrogen (secondary N) is 1. The van der Waals surface area contributed by atoms with E-state index in [-0.39, 0.29) is 0 Å². The Bertz CT molecular complexity index is 748. The SMILES string of the molecule is CNC(=O)N(O)c1cccc2c1CCN2Cc1cccc(OC)c1. The highest BCUT2D eigenvalue weighted by molar-refractivity contribution is 5.91. The minimum absolute atomic E-state index is 0.528. The number of hydrogen-bond acceptors (Lipinski definition) is 4. The van der Waals surface area contributed by atoms with Crippen molar-refractivity contribution in [3.63, 3.8) is 0 Å². The molecule has 1 aliphatic heterocycles. The molecule has 1 aliphatic rings. The Hall–Kier alpha value is -2.73. The zero-order valence-corrected chi connectivity index (χ0v) is 13.8. The summed E-state index contributed by atoms with van der Waals surface area (Å²) in [5.74, 6) is 0.835. The summed E-state index contributed by atoms with van der Waals surface area (Å²) in [6.45, 7) is 1.59. The molecule has 2 aromatic rings. The number of carbonyl (C=O) groups excluding carboxylic acids is 1. The summed E-state index contributed by atoms with van der Waals surface area (Å²) >= 11 is 0. The smallest absolute Gasteiger partial charge is 0.345 e. The van der Waals surface area contributed by atoms with Gasteiger partial charge in [-0.2, -0.15) is 5.06 Å². The molecular weight excluding hydrogens is 306 g/mol. The molecule has 1 heterocycles. The van der Waals surface area contributed by atoms with Gasteiger partial charge in [0.05, 0.1) is 12.8 Å². The third-order valence-electron chi connectivity index (χ3n) is 4.24. The first-order valence-corrected chi connectivity index (χ1v) is 7.84. The van der Waals surface area contributed by atoms with Crippen LogP contribution < -0.4 is 20.0 Å². The largest absolute Gasteiger partial charge is 0.497 e. The summed E-state index contributed by atoms with van der Waals surface area (Å²) in [7, 11) is 3.15. The number of benzene rings is 2. The second-order valence-electron chi connectivity index (χ2n) is 5.66. The van der Waals surface area contributed by atoms with Crippen LogP contribution in [0.15, 0.2) is 42.5 Å². The molecule has 6 nitrogen and oxygen atoms in total. The predicted octanol–water partition coefficient (Wildman–Crippen LogP) is 2.79. The zero-order chi connectivity index (χ0) is 17.1. The van der Waals surface area contributed by atoms with Gasteiger partial charge in [0.15, 0.2) is 0 Å². The monoisotopic (exact) mass is 327 g/mol. The minimum atomic E-state index is -0.547. The number of hydroxylamine groups is 1. The van der Waals surface area contributed by atoms with Crippen LogP contribution in [0.5, 0.6) is 5.75 Å². The van der Waals surface area contributed by atoms with E-state index in [0.29, 0.717) is 10.8 Å². The van der Waals surface area contributed by atoms with Gasteiger partial charge in [0.25, 0.3) is 0 Å². The van der Waals surface area contributed by atoms with E-state index < -0.39 is 6.03 Å². The van der Waals surface area contributed by atoms with E-state index in [9.17, 15) is 10.0 Å². The lowest BCUT2D eigenvalue weighted by molar-refractivity contribution is 0.206. The first kappa shape index (κ1) is 16.1. The van der Waals surface area contributed by atoms with Gasteiger partial charge in [-0.15, -0.1) is 0 Å². The Balaban J connectivity index is 1.86. The summed E-state index contributed by atoms with van der Waals surface area (Å²) in [5.41, 5.74) is 3.70. The second kappa shape index (κ2) is 6.80. The normalized spacial score (nSPS) is 12.7. The van der Waals surface area contributed by atoms with Gasteiger partial charge in [-0.05, 0) is 36.2 Å². The number of rotatable bonds is 4. The molecule has 0 saturated carbocycles. The molecule has 0 fully saturated rings. The molecule has 24 heavy (non-hydrogen) atoms. The van der Waals surface area contributed by atoms with Crippen molar-refractivity contribution in [2.75, 3.05) is 30.7 Å². The number of amides is 2. The molecule has 0 bridgehead atoms. The number of nitrogens with zero attached hydrogens (tertiary/aromatic N) is 2. The number of urea groups is 1. The topological polar surface area (TPSA) is 65.0 Å². The van der Waals surface area contributed by atoms with E-state index in [1.54, 1.807) is 13.2 Å². The van der Waals surface area contributed by atoms with Gasteiger partial charge in [-0.3, -0.25) is 5.21 Å². The Morgan fingerprint density at radius 3 is 2.88 bits per heavy atom. The summed E-state index contributed by atoms with van der Waals surface area (Å²) in [4.78, 5) is 13.9. The maximum absolute atomic E-state index is 11.7. The molecule has 0 aliphatic carbocycles. The number of hydrogen-bond donors (Lipinski definition) is 2. The average Bonchev–Trinajstić information content (AvgIpc) is 3.03. The molecular formula is C18H21N3O3. The highest BCUT2D eigenvalue weighted by Gasteiger charge is 2.25. The summed E-state index contributed by atoms with van der Waals surface area (Å²) in [6, 6.07) is 13.1. The third kappa shape index (κ3) is 3.00. The molecule has 0 radical (unpaired) electrons. The van der Waals surface area contributed by atoms with Crippen LogP contribution in [-0.4, -0.2) is 31.9 Å². The van der Waals surface area contributed by atoms with E-state index >= 15 is 0 Å². The molecule has 2 N–H and O–H groups in total. The molecule has 0 unspecified atom stereocenters. The molecule has 126 valence electrons. The van der Waals surface area contributed by atoms with Crippen LogP contribution in [0.25, 0.3) is 0 Å². The van der Waals surface area contributed by atoms with Crippen molar-refractivity contribution in [2.24, 2.45) is 0 Å². The quantitative estimate of drug-likeness (QED) is 0.669. The maximum Gasteiger partial charge on any atom is 0.345 e. The van der Waals surface area contributed by atoms with Crippen LogP contribution in [-0.2, 0) is 13.0 Å². The molecule has 2 aromatic carbocycles. The summed E-state index contributed by atoms with van der Waals surface area (Å²) < 4.78 is 5.28. The van der Waals surface area contributed by atoms with Crippen molar-refractivity contribution in [3.05, 3.63) is 53.6 Å². The second-order valence-corrected chi connectivity index (χ2v) is 5.66. The van der Waals surface area contributed by atoms with Crippen molar-refractivity contribution < 1.29 is 14.7 Å². The fraction of sp³-hybridized carbons (Fsp3) is 0.278. The van der Waals surface area contributed by atoms with E-state index in [1.807, 2.05) is 30.3 Å². The van der Waals surface area contributed by atoms with Crippen molar-refractivity contribution in [1.29, 1.82) is 0 Å². The lowest BCUT2D eigenvalue weighted by atomic mass is 10.1. The van der Waals surface area contributed by atoms with E-state index in [0.717, 1.165) is 42.1 Å². The van der Waals surface area contributed by atoms with Crippen molar-refractivity contribution in [3.8, 4) is 5.75 Å². The first-order valence-electron chi connectivity index (χ1n) is 7.84.